The zero-order chi connectivity index (χ0) is 17.5. The van der Waals surface area contributed by atoms with Crippen molar-refractivity contribution in [2.24, 2.45) is 0 Å². The van der Waals surface area contributed by atoms with E-state index in [1.54, 1.807) is 25.1 Å². The number of hydrogen-bond acceptors (Lipinski definition) is 3. The lowest BCUT2D eigenvalue weighted by Gasteiger charge is -2.35. The number of aryl methyl sites for hydroxylation is 1. The van der Waals surface area contributed by atoms with Crippen molar-refractivity contribution in [2.75, 3.05) is 17.5 Å². The number of aromatic nitrogens is 1. The zero-order valence-electron chi connectivity index (χ0n) is 14.0. The standard InChI is InChI=1S/C17H21N3O3S/c1-12-6-7-14(11-15(12)18-24(3,22)23)17(21)20-10-9-19-8-4-5-16(19)13(20)2/h4-8,11,13,18H,9-10H2,1-3H3/t13-/m0/s1. The Bertz CT molecular complexity index is 886. The van der Waals surface area contributed by atoms with Crippen LogP contribution in [-0.4, -0.2) is 36.6 Å². The van der Waals surface area contributed by atoms with Crippen LogP contribution in [0.3, 0.4) is 0 Å². The molecule has 1 aliphatic heterocycles. The molecule has 0 bridgehead atoms. The van der Waals surface area contributed by atoms with Gasteiger partial charge in [0.25, 0.3) is 5.91 Å². The average molecular weight is 347 g/mol. The molecule has 1 N–H and O–H groups in total. The normalized spacial score (nSPS) is 17.5. The highest BCUT2D eigenvalue weighted by molar-refractivity contribution is 7.92. The first-order chi connectivity index (χ1) is 11.3. The van der Waals surface area contributed by atoms with Crippen LogP contribution in [0.1, 0.15) is 34.6 Å². The second-order valence-corrected chi connectivity index (χ2v) is 7.95. The van der Waals surface area contributed by atoms with E-state index >= 15 is 0 Å². The first-order valence-corrected chi connectivity index (χ1v) is 9.70. The molecule has 1 amide bonds. The van der Waals surface area contributed by atoms with Crippen molar-refractivity contribution in [1.82, 2.24) is 9.47 Å². The summed E-state index contributed by atoms with van der Waals surface area (Å²) in [4.78, 5) is 14.7. The smallest absolute Gasteiger partial charge is 0.254 e. The summed E-state index contributed by atoms with van der Waals surface area (Å²) in [5.41, 5.74) is 2.81. The summed E-state index contributed by atoms with van der Waals surface area (Å²) in [6.45, 7) is 5.20. The number of amides is 1. The minimum Gasteiger partial charge on any atom is -0.348 e. The number of carbonyl (C=O) groups is 1. The molecule has 6 nitrogen and oxygen atoms in total. The number of nitrogens with zero attached hydrogens (tertiary/aromatic N) is 2. The predicted octanol–water partition coefficient (Wildman–Crippen LogP) is 2.39. The Balaban J connectivity index is 1.89. The van der Waals surface area contributed by atoms with Crippen molar-refractivity contribution in [2.45, 2.75) is 26.4 Å². The zero-order valence-corrected chi connectivity index (χ0v) is 14.8. The Hall–Kier alpha value is -2.28. The Labute approximate surface area is 142 Å². The van der Waals surface area contributed by atoms with Gasteiger partial charge >= 0.3 is 0 Å². The van der Waals surface area contributed by atoms with Gasteiger partial charge in [0.1, 0.15) is 0 Å². The molecule has 0 radical (unpaired) electrons. The SMILES string of the molecule is Cc1ccc(C(=O)N2CCn3cccc3[C@@H]2C)cc1NS(C)(=O)=O. The molecular formula is C17H21N3O3S. The minimum absolute atomic E-state index is 0.0196. The molecule has 2 heterocycles. The number of fused-ring (bicyclic) bond motifs is 1. The van der Waals surface area contributed by atoms with E-state index in [2.05, 4.69) is 9.29 Å². The van der Waals surface area contributed by atoms with Gasteiger partial charge < -0.3 is 9.47 Å². The molecule has 0 unspecified atom stereocenters. The highest BCUT2D eigenvalue weighted by atomic mass is 32.2. The summed E-state index contributed by atoms with van der Waals surface area (Å²) < 4.78 is 27.6. The van der Waals surface area contributed by atoms with Gasteiger partial charge in [-0.2, -0.15) is 0 Å². The van der Waals surface area contributed by atoms with Crippen LogP contribution in [0.2, 0.25) is 0 Å². The van der Waals surface area contributed by atoms with Crippen LogP contribution < -0.4 is 4.72 Å². The van der Waals surface area contributed by atoms with Crippen molar-refractivity contribution in [3.05, 3.63) is 53.3 Å². The van der Waals surface area contributed by atoms with Gasteiger partial charge in [-0.3, -0.25) is 9.52 Å². The van der Waals surface area contributed by atoms with Gasteiger partial charge in [-0.15, -0.1) is 0 Å². The van der Waals surface area contributed by atoms with Crippen LogP contribution in [0.5, 0.6) is 0 Å². The van der Waals surface area contributed by atoms with Gasteiger partial charge in [0.15, 0.2) is 0 Å². The molecule has 1 aromatic carbocycles. The third kappa shape index (κ3) is 3.17. The van der Waals surface area contributed by atoms with Crippen LogP contribution >= 0.6 is 0 Å². The van der Waals surface area contributed by atoms with E-state index in [1.165, 1.54) is 0 Å². The van der Waals surface area contributed by atoms with E-state index in [4.69, 9.17) is 0 Å². The van der Waals surface area contributed by atoms with Crippen LogP contribution in [0.25, 0.3) is 0 Å². The molecule has 0 aliphatic carbocycles. The summed E-state index contributed by atoms with van der Waals surface area (Å²) in [5, 5.41) is 0. The lowest BCUT2D eigenvalue weighted by molar-refractivity contribution is 0.0644. The highest BCUT2D eigenvalue weighted by Gasteiger charge is 2.28. The van der Waals surface area contributed by atoms with Crippen molar-refractivity contribution < 1.29 is 13.2 Å². The fourth-order valence-electron chi connectivity index (χ4n) is 3.09. The molecule has 0 spiro atoms. The van der Waals surface area contributed by atoms with Crippen LogP contribution in [0, 0.1) is 6.92 Å². The Morgan fingerprint density at radius 1 is 1.25 bits per heavy atom. The molecular weight excluding hydrogens is 326 g/mol. The van der Waals surface area contributed by atoms with Gasteiger partial charge in [-0.05, 0) is 43.7 Å². The number of carbonyl (C=O) groups excluding carboxylic acids is 1. The fourth-order valence-corrected chi connectivity index (χ4v) is 3.71. The van der Waals surface area contributed by atoms with Gasteiger partial charge in [0.05, 0.1) is 18.0 Å². The number of anilines is 1. The molecule has 128 valence electrons. The third-order valence-electron chi connectivity index (χ3n) is 4.38. The summed E-state index contributed by atoms with van der Waals surface area (Å²) in [7, 11) is -3.39. The topological polar surface area (TPSA) is 71.4 Å². The average Bonchev–Trinajstić information content (AvgIpc) is 2.97. The van der Waals surface area contributed by atoms with E-state index in [-0.39, 0.29) is 11.9 Å². The first-order valence-electron chi connectivity index (χ1n) is 7.81. The number of rotatable bonds is 3. The molecule has 3 rings (SSSR count). The van der Waals surface area contributed by atoms with Gasteiger partial charge in [-0.1, -0.05) is 6.07 Å². The Morgan fingerprint density at radius 3 is 2.71 bits per heavy atom. The molecule has 1 atom stereocenters. The Morgan fingerprint density at radius 2 is 2.00 bits per heavy atom. The molecule has 7 heteroatoms. The van der Waals surface area contributed by atoms with Gasteiger partial charge in [0, 0.05) is 30.5 Å². The quantitative estimate of drug-likeness (QED) is 0.927. The van der Waals surface area contributed by atoms with Crippen molar-refractivity contribution in [3.63, 3.8) is 0 Å². The molecule has 0 saturated carbocycles. The summed E-state index contributed by atoms with van der Waals surface area (Å²) in [5.74, 6) is -0.0912. The molecule has 2 aromatic rings. The lowest BCUT2D eigenvalue weighted by atomic mass is 10.1. The summed E-state index contributed by atoms with van der Waals surface area (Å²) in [6, 6.07) is 9.10. The monoisotopic (exact) mass is 347 g/mol. The second-order valence-electron chi connectivity index (χ2n) is 6.20. The lowest BCUT2D eigenvalue weighted by Crippen LogP contribution is -2.40. The minimum atomic E-state index is -3.39. The number of benzene rings is 1. The van der Waals surface area contributed by atoms with Gasteiger partial charge in [-0.25, -0.2) is 8.42 Å². The van der Waals surface area contributed by atoms with Crippen molar-refractivity contribution in [1.29, 1.82) is 0 Å². The van der Waals surface area contributed by atoms with E-state index in [0.717, 1.165) is 24.1 Å². The Kier molecular flexibility index (Phi) is 4.13. The van der Waals surface area contributed by atoms with Crippen molar-refractivity contribution in [3.8, 4) is 0 Å². The van der Waals surface area contributed by atoms with Crippen LogP contribution in [0.15, 0.2) is 36.5 Å². The maximum atomic E-state index is 12.9. The van der Waals surface area contributed by atoms with E-state index in [1.807, 2.05) is 30.2 Å². The summed E-state index contributed by atoms with van der Waals surface area (Å²) >= 11 is 0. The molecule has 1 aromatic heterocycles. The highest BCUT2D eigenvalue weighted by Crippen LogP contribution is 2.28. The predicted molar refractivity (Wildman–Crippen MR) is 93.5 cm³/mol. The maximum absolute atomic E-state index is 12.9. The number of sulfonamides is 1. The van der Waals surface area contributed by atoms with Crippen LogP contribution in [0.4, 0.5) is 5.69 Å². The third-order valence-corrected chi connectivity index (χ3v) is 4.97. The second kappa shape index (κ2) is 5.98. The maximum Gasteiger partial charge on any atom is 0.254 e. The largest absolute Gasteiger partial charge is 0.348 e. The first kappa shape index (κ1) is 16.6. The molecule has 1 aliphatic rings. The molecule has 0 fully saturated rings. The van der Waals surface area contributed by atoms with Gasteiger partial charge in [0.2, 0.25) is 10.0 Å². The van der Waals surface area contributed by atoms with E-state index in [9.17, 15) is 13.2 Å². The number of hydrogen-bond donors (Lipinski definition) is 1. The van der Waals surface area contributed by atoms with Crippen molar-refractivity contribution >= 4 is 21.6 Å². The molecule has 24 heavy (non-hydrogen) atoms. The van der Waals surface area contributed by atoms with E-state index < -0.39 is 10.0 Å². The molecule has 0 saturated heterocycles. The summed E-state index contributed by atoms with van der Waals surface area (Å²) in [6.07, 6.45) is 3.12. The van der Waals surface area contributed by atoms with Crippen LogP contribution in [-0.2, 0) is 16.6 Å². The number of nitrogens with one attached hydrogen (secondary N) is 1. The van der Waals surface area contributed by atoms with E-state index in [0.29, 0.717) is 17.8 Å². The fraction of sp³-hybridized carbons (Fsp3) is 0.353.